The third-order valence-corrected chi connectivity index (χ3v) is 4.43. The number of likely N-dealkylation sites (N-methyl/N-ethyl adjacent to an activating group) is 1. The van der Waals surface area contributed by atoms with Crippen LogP contribution in [0.4, 0.5) is 0 Å². The van der Waals surface area contributed by atoms with E-state index in [-0.39, 0.29) is 17.9 Å². The van der Waals surface area contributed by atoms with Crippen molar-refractivity contribution in [2.24, 2.45) is 11.8 Å². The van der Waals surface area contributed by atoms with Crippen molar-refractivity contribution in [3.8, 4) is 0 Å². The molecule has 0 bridgehead atoms. The number of likely N-dealkylation sites (tertiary alicyclic amines) is 1. The van der Waals surface area contributed by atoms with E-state index in [4.69, 9.17) is 4.74 Å². The summed E-state index contributed by atoms with van der Waals surface area (Å²) in [6.07, 6.45) is 4.01. The summed E-state index contributed by atoms with van der Waals surface area (Å²) in [5, 5.41) is 6.25. The number of nitrogens with one attached hydrogen (secondary N) is 2. The van der Waals surface area contributed by atoms with Crippen LogP contribution >= 0.6 is 0 Å². The maximum Gasteiger partial charge on any atom is 0.227 e. The molecule has 0 aromatic rings. The first kappa shape index (κ1) is 15.7. The summed E-state index contributed by atoms with van der Waals surface area (Å²) in [6.45, 7) is 7.69. The molecule has 2 aliphatic heterocycles. The summed E-state index contributed by atoms with van der Waals surface area (Å²) in [5.41, 5.74) is 0. The fourth-order valence-corrected chi connectivity index (χ4v) is 3.15. The Morgan fingerprint density at radius 3 is 2.75 bits per heavy atom. The van der Waals surface area contributed by atoms with Crippen molar-refractivity contribution >= 4 is 5.91 Å². The molecule has 5 nitrogen and oxygen atoms in total. The van der Waals surface area contributed by atoms with Crippen molar-refractivity contribution in [2.45, 2.75) is 32.2 Å². The lowest BCUT2D eigenvalue weighted by molar-refractivity contribution is -0.125. The van der Waals surface area contributed by atoms with Gasteiger partial charge in [0.2, 0.25) is 5.91 Å². The van der Waals surface area contributed by atoms with Gasteiger partial charge in [0, 0.05) is 19.1 Å². The number of piperidine rings is 1. The molecule has 2 rings (SSSR count). The van der Waals surface area contributed by atoms with Gasteiger partial charge in [-0.2, -0.15) is 0 Å². The molecule has 2 fully saturated rings. The average Bonchev–Trinajstić information content (AvgIpc) is 2.94. The van der Waals surface area contributed by atoms with Gasteiger partial charge in [-0.15, -0.1) is 0 Å². The van der Waals surface area contributed by atoms with E-state index in [2.05, 4.69) is 22.5 Å². The van der Waals surface area contributed by atoms with Crippen LogP contribution in [0.2, 0.25) is 0 Å². The van der Waals surface area contributed by atoms with Gasteiger partial charge < -0.3 is 20.3 Å². The number of nitrogens with zero attached hydrogens (tertiary/aromatic N) is 1. The summed E-state index contributed by atoms with van der Waals surface area (Å²) >= 11 is 0. The average molecular weight is 283 g/mol. The fraction of sp³-hybridized carbons (Fsp3) is 0.933. The molecule has 0 aromatic heterocycles. The highest BCUT2D eigenvalue weighted by Gasteiger charge is 2.32. The minimum Gasteiger partial charge on any atom is -0.379 e. The summed E-state index contributed by atoms with van der Waals surface area (Å²) in [7, 11) is 1.89. The molecule has 116 valence electrons. The van der Waals surface area contributed by atoms with Gasteiger partial charge in [0.25, 0.3) is 0 Å². The lowest BCUT2D eigenvalue weighted by atomic mass is 10.0. The zero-order chi connectivity index (χ0) is 14.4. The van der Waals surface area contributed by atoms with E-state index in [1.54, 1.807) is 0 Å². The summed E-state index contributed by atoms with van der Waals surface area (Å²) in [5.74, 6) is 0.599. The highest BCUT2D eigenvalue weighted by Crippen LogP contribution is 2.14. The monoisotopic (exact) mass is 283 g/mol. The second-order valence-corrected chi connectivity index (χ2v) is 6.25. The first-order chi connectivity index (χ1) is 9.70. The maximum atomic E-state index is 12.2. The first-order valence-electron chi connectivity index (χ1n) is 7.95. The predicted octanol–water partition coefficient (Wildman–Crippen LogP) is 0.459. The van der Waals surface area contributed by atoms with Gasteiger partial charge in [-0.3, -0.25) is 4.79 Å². The Labute approximate surface area is 122 Å². The van der Waals surface area contributed by atoms with E-state index in [0.717, 1.165) is 13.1 Å². The molecular weight excluding hydrogens is 254 g/mol. The molecule has 3 atom stereocenters. The lowest BCUT2D eigenvalue weighted by Crippen LogP contribution is -2.44. The highest BCUT2D eigenvalue weighted by atomic mass is 16.5. The normalized spacial score (nSPS) is 29.3. The molecule has 3 unspecified atom stereocenters. The van der Waals surface area contributed by atoms with E-state index in [1.165, 1.54) is 32.4 Å². The number of ether oxygens (including phenoxy) is 1. The van der Waals surface area contributed by atoms with Crippen LogP contribution in [0.3, 0.4) is 0 Å². The molecule has 0 aromatic carbocycles. The molecule has 1 amide bonds. The van der Waals surface area contributed by atoms with E-state index in [9.17, 15) is 4.79 Å². The van der Waals surface area contributed by atoms with Gasteiger partial charge in [-0.25, -0.2) is 0 Å². The molecule has 2 heterocycles. The van der Waals surface area contributed by atoms with Crippen molar-refractivity contribution < 1.29 is 9.53 Å². The number of carbonyl (C=O) groups is 1. The van der Waals surface area contributed by atoms with Gasteiger partial charge in [0.1, 0.15) is 0 Å². The lowest BCUT2D eigenvalue weighted by Gasteiger charge is -2.29. The highest BCUT2D eigenvalue weighted by molar-refractivity contribution is 5.79. The largest absolute Gasteiger partial charge is 0.379 e. The third-order valence-electron chi connectivity index (χ3n) is 4.43. The van der Waals surface area contributed by atoms with Crippen LogP contribution in [-0.2, 0) is 9.53 Å². The van der Waals surface area contributed by atoms with Crippen molar-refractivity contribution in [3.05, 3.63) is 0 Å². The number of carbonyl (C=O) groups excluding carboxylic acids is 1. The number of amides is 1. The van der Waals surface area contributed by atoms with Gasteiger partial charge in [-0.05, 0) is 38.9 Å². The zero-order valence-corrected chi connectivity index (χ0v) is 12.9. The minimum atomic E-state index is -0.0396. The van der Waals surface area contributed by atoms with Crippen LogP contribution < -0.4 is 10.6 Å². The molecule has 0 radical (unpaired) electrons. The minimum absolute atomic E-state index is 0.0396. The summed E-state index contributed by atoms with van der Waals surface area (Å²) in [4.78, 5) is 14.7. The Balaban J connectivity index is 1.67. The van der Waals surface area contributed by atoms with Gasteiger partial charge in [-0.1, -0.05) is 13.3 Å². The van der Waals surface area contributed by atoms with Crippen molar-refractivity contribution in [1.29, 1.82) is 0 Å². The Morgan fingerprint density at radius 1 is 1.30 bits per heavy atom. The van der Waals surface area contributed by atoms with Crippen LogP contribution in [-0.4, -0.2) is 63.3 Å². The molecule has 0 aliphatic carbocycles. The predicted molar refractivity (Wildman–Crippen MR) is 79.6 cm³/mol. The van der Waals surface area contributed by atoms with Gasteiger partial charge in [0.05, 0.1) is 19.1 Å². The number of hydrogen-bond acceptors (Lipinski definition) is 4. The molecule has 2 saturated heterocycles. The second kappa shape index (κ2) is 7.96. The van der Waals surface area contributed by atoms with Crippen molar-refractivity contribution in [3.63, 3.8) is 0 Å². The summed E-state index contributed by atoms with van der Waals surface area (Å²) < 4.78 is 5.38. The third kappa shape index (κ3) is 4.43. The van der Waals surface area contributed by atoms with Gasteiger partial charge in [0.15, 0.2) is 0 Å². The zero-order valence-electron chi connectivity index (χ0n) is 12.9. The second-order valence-electron chi connectivity index (χ2n) is 6.25. The van der Waals surface area contributed by atoms with Crippen molar-refractivity contribution in [2.75, 3.05) is 46.4 Å². The molecule has 0 saturated carbocycles. The fourth-order valence-electron chi connectivity index (χ4n) is 3.15. The maximum absolute atomic E-state index is 12.2. The first-order valence-corrected chi connectivity index (χ1v) is 7.95. The smallest absolute Gasteiger partial charge is 0.227 e. The van der Waals surface area contributed by atoms with Crippen LogP contribution in [0.25, 0.3) is 0 Å². The van der Waals surface area contributed by atoms with E-state index >= 15 is 0 Å². The van der Waals surface area contributed by atoms with Crippen LogP contribution in [0, 0.1) is 11.8 Å². The molecule has 2 N–H and O–H groups in total. The Bertz CT molecular complexity index is 305. The number of rotatable bonds is 6. The Kier molecular flexibility index (Phi) is 6.26. The molecule has 2 aliphatic rings. The van der Waals surface area contributed by atoms with E-state index in [0.29, 0.717) is 19.1 Å². The quantitative estimate of drug-likeness (QED) is 0.743. The van der Waals surface area contributed by atoms with Gasteiger partial charge >= 0.3 is 0 Å². The molecule has 5 heteroatoms. The topological polar surface area (TPSA) is 53.6 Å². The number of hydrogen-bond donors (Lipinski definition) is 2. The molecule has 0 spiro atoms. The van der Waals surface area contributed by atoms with Crippen LogP contribution in [0.15, 0.2) is 0 Å². The van der Waals surface area contributed by atoms with Crippen LogP contribution in [0.5, 0.6) is 0 Å². The van der Waals surface area contributed by atoms with Crippen LogP contribution in [0.1, 0.15) is 26.2 Å². The SMILES string of the molecule is CNC1COCC1C(=O)NCC(C)CN1CCCCC1. The summed E-state index contributed by atoms with van der Waals surface area (Å²) in [6, 6.07) is 0.160. The van der Waals surface area contributed by atoms with E-state index < -0.39 is 0 Å². The van der Waals surface area contributed by atoms with E-state index in [1.807, 2.05) is 7.05 Å². The Hall–Kier alpha value is -0.650. The standard InChI is InChI=1S/C15H29N3O2/c1-12(9-18-6-4-3-5-7-18)8-17-15(19)13-10-20-11-14(13)16-2/h12-14,16H,3-11H2,1-2H3,(H,17,19). The molecule has 20 heavy (non-hydrogen) atoms. The Morgan fingerprint density at radius 2 is 2.05 bits per heavy atom. The molecular formula is C15H29N3O2. The van der Waals surface area contributed by atoms with Crippen molar-refractivity contribution in [1.82, 2.24) is 15.5 Å².